The zero-order valence-corrected chi connectivity index (χ0v) is 13.6. The van der Waals surface area contributed by atoms with Crippen molar-refractivity contribution in [3.8, 4) is 0 Å². The summed E-state index contributed by atoms with van der Waals surface area (Å²) in [5.74, 6) is -0.141. The van der Waals surface area contributed by atoms with Crippen molar-refractivity contribution in [2.45, 2.75) is 40.0 Å². The molecule has 1 aromatic carbocycles. The molecular weight excluding hydrogens is 291 g/mol. The van der Waals surface area contributed by atoms with E-state index >= 15 is 0 Å². The molecule has 4 rings (SSSR count). The maximum absolute atomic E-state index is 13.6. The molecule has 1 N–H and O–H groups in total. The third-order valence-electron chi connectivity index (χ3n) is 4.76. The normalized spacial score (nSPS) is 17.0. The number of benzene rings is 1. The van der Waals surface area contributed by atoms with Gasteiger partial charge in [-0.25, -0.2) is 4.39 Å². The van der Waals surface area contributed by atoms with Gasteiger partial charge in [0.15, 0.2) is 5.78 Å². The molecule has 2 heterocycles. The summed E-state index contributed by atoms with van der Waals surface area (Å²) in [6, 6.07) is 4.69. The lowest BCUT2D eigenvalue weighted by Crippen LogP contribution is -2.28. The Balaban J connectivity index is 2.16. The number of rotatable bonds is 1. The number of H-pyrrole nitrogens is 1. The average molecular weight is 310 g/mol. The van der Waals surface area contributed by atoms with Crippen LogP contribution in [0.25, 0.3) is 21.8 Å². The van der Waals surface area contributed by atoms with Gasteiger partial charge in [-0.2, -0.15) is 0 Å². The first-order valence-electron chi connectivity index (χ1n) is 8.05. The lowest BCUT2D eigenvalue weighted by molar-refractivity contribution is 0.0912. The molecule has 1 aliphatic rings. The highest BCUT2D eigenvalue weighted by Crippen LogP contribution is 2.40. The standard InChI is InChI=1S/C19H19FN2O/c1-4-12-18-16(11-6-5-10(20)7-13(11)22-18)17-14(21-12)8-19(2,3)9-15(17)23/h5-7,22H,4,8-9H2,1-3H3. The van der Waals surface area contributed by atoms with Crippen LogP contribution < -0.4 is 0 Å². The molecule has 0 radical (unpaired) electrons. The molecule has 1 aliphatic carbocycles. The molecule has 0 saturated heterocycles. The quantitative estimate of drug-likeness (QED) is 0.715. The summed E-state index contributed by atoms with van der Waals surface area (Å²) in [5, 5.41) is 1.82. The van der Waals surface area contributed by atoms with Crippen LogP contribution >= 0.6 is 0 Å². The highest BCUT2D eigenvalue weighted by Gasteiger charge is 2.34. The van der Waals surface area contributed by atoms with Gasteiger partial charge in [0.2, 0.25) is 0 Å². The zero-order valence-electron chi connectivity index (χ0n) is 13.6. The Morgan fingerprint density at radius 2 is 2.09 bits per heavy atom. The van der Waals surface area contributed by atoms with Crippen LogP contribution in [0.3, 0.4) is 0 Å². The van der Waals surface area contributed by atoms with E-state index in [9.17, 15) is 9.18 Å². The molecule has 4 heteroatoms. The van der Waals surface area contributed by atoms with E-state index in [0.717, 1.165) is 51.6 Å². The number of hydrogen-bond acceptors (Lipinski definition) is 2. The molecule has 0 spiro atoms. The molecule has 0 bridgehead atoms. The number of fused-ring (bicyclic) bond motifs is 5. The minimum atomic E-state index is -0.281. The smallest absolute Gasteiger partial charge is 0.165 e. The number of carbonyl (C=O) groups excluding carboxylic acids is 1. The van der Waals surface area contributed by atoms with E-state index in [4.69, 9.17) is 4.98 Å². The van der Waals surface area contributed by atoms with Gasteiger partial charge in [0.25, 0.3) is 0 Å². The number of hydrogen-bond donors (Lipinski definition) is 1. The van der Waals surface area contributed by atoms with Crippen molar-refractivity contribution in [3.63, 3.8) is 0 Å². The summed E-state index contributed by atoms with van der Waals surface area (Å²) in [4.78, 5) is 20.8. The largest absolute Gasteiger partial charge is 0.353 e. The number of pyridine rings is 1. The second kappa shape index (κ2) is 4.63. The van der Waals surface area contributed by atoms with Crippen LogP contribution in [0.15, 0.2) is 18.2 Å². The molecule has 0 amide bonds. The SMILES string of the molecule is CCc1nc2c(c3c1[nH]c1cc(F)ccc13)C(=O)CC(C)(C)C2. The van der Waals surface area contributed by atoms with Gasteiger partial charge in [0, 0.05) is 28.3 Å². The van der Waals surface area contributed by atoms with Crippen molar-refractivity contribution in [2.75, 3.05) is 0 Å². The molecule has 0 unspecified atom stereocenters. The molecule has 118 valence electrons. The Morgan fingerprint density at radius 3 is 2.83 bits per heavy atom. The predicted molar refractivity (Wildman–Crippen MR) is 89.4 cm³/mol. The molecule has 0 fully saturated rings. The minimum Gasteiger partial charge on any atom is -0.353 e. The predicted octanol–water partition coefficient (Wildman–Crippen LogP) is 4.57. The molecule has 0 aliphatic heterocycles. The maximum atomic E-state index is 13.6. The second-order valence-electron chi connectivity index (χ2n) is 7.24. The van der Waals surface area contributed by atoms with Crippen molar-refractivity contribution >= 4 is 27.6 Å². The van der Waals surface area contributed by atoms with E-state index in [-0.39, 0.29) is 17.0 Å². The first-order chi connectivity index (χ1) is 10.9. The third kappa shape index (κ3) is 2.08. The fourth-order valence-electron chi connectivity index (χ4n) is 3.79. The summed E-state index contributed by atoms with van der Waals surface area (Å²) in [6.45, 7) is 6.27. The topological polar surface area (TPSA) is 45.8 Å². The monoisotopic (exact) mass is 310 g/mol. The van der Waals surface area contributed by atoms with Crippen molar-refractivity contribution in [2.24, 2.45) is 5.41 Å². The molecular formula is C19H19FN2O. The number of nitrogens with zero attached hydrogens (tertiary/aromatic N) is 1. The molecule has 3 aromatic rings. The molecule has 3 nitrogen and oxygen atoms in total. The highest BCUT2D eigenvalue weighted by molar-refractivity contribution is 6.19. The Hall–Kier alpha value is -2.23. The maximum Gasteiger partial charge on any atom is 0.165 e. The number of aromatic nitrogens is 2. The lowest BCUT2D eigenvalue weighted by Gasteiger charge is -2.30. The van der Waals surface area contributed by atoms with Gasteiger partial charge >= 0.3 is 0 Å². The fourth-order valence-corrected chi connectivity index (χ4v) is 3.79. The Kier molecular flexibility index (Phi) is 2.89. The van der Waals surface area contributed by atoms with E-state index < -0.39 is 0 Å². The van der Waals surface area contributed by atoms with Crippen molar-refractivity contribution in [1.29, 1.82) is 0 Å². The van der Waals surface area contributed by atoms with E-state index in [1.54, 1.807) is 6.07 Å². The number of halogens is 1. The van der Waals surface area contributed by atoms with Gasteiger partial charge in [-0.1, -0.05) is 20.8 Å². The van der Waals surface area contributed by atoms with Crippen LogP contribution in [0.4, 0.5) is 4.39 Å². The summed E-state index contributed by atoms with van der Waals surface area (Å²) < 4.78 is 13.6. The minimum absolute atomic E-state index is 0.0615. The first-order valence-corrected chi connectivity index (χ1v) is 8.05. The number of carbonyl (C=O) groups is 1. The fraction of sp³-hybridized carbons (Fsp3) is 0.368. The lowest BCUT2D eigenvalue weighted by atomic mass is 9.74. The summed E-state index contributed by atoms with van der Waals surface area (Å²) >= 11 is 0. The zero-order chi connectivity index (χ0) is 16.4. The Morgan fingerprint density at radius 1 is 1.30 bits per heavy atom. The van der Waals surface area contributed by atoms with E-state index in [2.05, 4.69) is 25.8 Å². The van der Waals surface area contributed by atoms with E-state index in [0.29, 0.717) is 6.42 Å². The molecule has 2 aromatic heterocycles. The highest BCUT2D eigenvalue weighted by atomic mass is 19.1. The molecule has 0 atom stereocenters. The Bertz CT molecular complexity index is 969. The van der Waals surface area contributed by atoms with Crippen molar-refractivity contribution in [3.05, 3.63) is 41.0 Å². The average Bonchev–Trinajstić information content (AvgIpc) is 2.82. The first kappa shape index (κ1) is 14.4. The number of nitrogens with one attached hydrogen (secondary N) is 1. The summed E-state index contributed by atoms with van der Waals surface area (Å²) in [5.41, 5.74) is 4.10. The van der Waals surface area contributed by atoms with Gasteiger partial charge in [-0.05, 0) is 36.5 Å². The third-order valence-corrected chi connectivity index (χ3v) is 4.76. The molecule has 0 saturated carbocycles. The van der Waals surface area contributed by atoms with E-state index in [1.165, 1.54) is 12.1 Å². The number of ketones is 1. The van der Waals surface area contributed by atoms with Crippen LogP contribution in [0.1, 0.15) is 48.9 Å². The van der Waals surface area contributed by atoms with Gasteiger partial charge in [0.05, 0.1) is 16.9 Å². The van der Waals surface area contributed by atoms with Crippen molar-refractivity contribution in [1.82, 2.24) is 9.97 Å². The van der Waals surface area contributed by atoms with Crippen LogP contribution in [0.5, 0.6) is 0 Å². The number of aryl methyl sites for hydroxylation is 1. The van der Waals surface area contributed by atoms with Crippen molar-refractivity contribution < 1.29 is 9.18 Å². The van der Waals surface area contributed by atoms with Crippen LogP contribution in [0.2, 0.25) is 0 Å². The van der Waals surface area contributed by atoms with Gasteiger partial charge in [-0.3, -0.25) is 9.78 Å². The van der Waals surface area contributed by atoms with Crippen LogP contribution in [-0.2, 0) is 12.8 Å². The van der Waals surface area contributed by atoms with Gasteiger partial charge < -0.3 is 4.98 Å². The number of aromatic amines is 1. The summed E-state index contributed by atoms with van der Waals surface area (Å²) in [7, 11) is 0. The summed E-state index contributed by atoms with van der Waals surface area (Å²) in [6.07, 6.45) is 2.09. The van der Waals surface area contributed by atoms with Gasteiger partial charge in [0.1, 0.15) is 5.82 Å². The van der Waals surface area contributed by atoms with Gasteiger partial charge in [-0.15, -0.1) is 0 Å². The van der Waals surface area contributed by atoms with E-state index in [1.807, 2.05) is 0 Å². The van der Waals surface area contributed by atoms with Crippen LogP contribution in [-0.4, -0.2) is 15.8 Å². The molecule has 23 heavy (non-hydrogen) atoms. The second-order valence-corrected chi connectivity index (χ2v) is 7.24. The van der Waals surface area contributed by atoms with Crippen LogP contribution in [0, 0.1) is 11.2 Å². The number of Topliss-reactive ketones (excluding diaryl/α,β-unsaturated/α-hetero) is 1. The Labute approximate surface area is 133 Å².